The van der Waals surface area contributed by atoms with Crippen LogP contribution < -0.4 is 10.1 Å². The third kappa shape index (κ3) is 4.69. The summed E-state index contributed by atoms with van der Waals surface area (Å²) >= 11 is 3.40. The van der Waals surface area contributed by atoms with E-state index in [0.717, 1.165) is 15.7 Å². The predicted octanol–water partition coefficient (Wildman–Crippen LogP) is 3.51. The quantitative estimate of drug-likeness (QED) is 0.883. The van der Waals surface area contributed by atoms with Crippen LogP contribution in [0.4, 0.5) is 0 Å². The fraction of sp³-hybridized carbons (Fsp3) is 0.357. The Hall–Kier alpha value is -1.33. The van der Waals surface area contributed by atoms with Crippen LogP contribution in [0.2, 0.25) is 0 Å². The maximum Gasteiger partial charge on any atom is 0.394 e. The lowest BCUT2D eigenvalue weighted by Gasteiger charge is -2.04. The summed E-state index contributed by atoms with van der Waals surface area (Å²) in [6, 6.07) is 8.37. The third-order valence-corrected chi connectivity index (χ3v) is 3.03. The minimum absolute atomic E-state index is 0.309. The lowest BCUT2D eigenvalue weighted by Crippen LogP contribution is -2.21. The summed E-state index contributed by atoms with van der Waals surface area (Å²) < 4.78 is 11.8. The number of benzene rings is 1. The van der Waals surface area contributed by atoms with Gasteiger partial charge in [0.15, 0.2) is 0 Å². The van der Waals surface area contributed by atoms with Crippen molar-refractivity contribution in [1.29, 1.82) is 0 Å². The van der Waals surface area contributed by atoms with Crippen molar-refractivity contribution in [2.24, 2.45) is 0 Å². The molecule has 0 bridgehead atoms. The molecule has 0 aliphatic heterocycles. The second-order valence-corrected chi connectivity index (χ2v) is 5.47. The molecule has 0 fully saturated rings. The van der Waals surface area contributed by atoms with Gasteiger partial charge in [-0.2, -0.15) is 4.98 Å². The maximum atomic E-state index is 5.50. The summed E-state index contributed by atoms with van der Waals surface area (Å²) in [6.07, 6.45) is 1.93. The lowest BCUT2D eigenvalue weighted by molar-refractivity contribution is 0.220. The highest BCUT2D eigenvalue weighted by atomic mass is 79.9. The Bertz CT molecular complexity index is 508. The first-order valence-corrected chi connectivity index (χ1v) is 6.98. The van der Waals surface area contributed by atoms with Gasteiger partial charge >= 0.3 is 6.08 Å². The Morgan fingerprint density at radius 1 is 1.32 bits per heavy atom. The largest absolute Gasteiger partial charge is 0.445 e. The Kier molecular flexibility index (Phi) is 4.99. The van der Waals surface area contributed by atoms with Crippen LogP contribution in [0.25, 0.3) is 0 Å². The number of hydrogen-bond acceptors (Lipinski definition) is 4. The van der Waals surface area contributed by atoms with Crippen LogP contribution in [-0.2, 0) is 13.2 Å². The van der Waals surface area contributed by atoms with Gasteiger partial charge in [0.25, 0.3) is 0 Å². The van der Waals surface area contributed by atoms with Gasteiger partial charge in [-0.1, -0.05) is 41.9 Å². The first-order chi connectivity index (χ1) is 9.13. The molecule has 1 heterocycles. The zero-order valence-electron chi connectivity index (χ0n) is 11.0. The summed E-state index contributed by atoms with van der Waals surface area (Å²) in [5, 5.41) is 3.27. The molecular formula is C14H17BrN2O2. The first-order valence-electron chi connectivity index (χ1n) is 6.18. The van der Waals surface area contributed by atoms with Gasteiger partial charge in [0.1, 0.15) is 12.9 Å². The van der Waals surface area contributed by atoms with Crippen molar-refractivity contribution in [3.63, 3.8) is 0 Å². The number of aromatic nitrogens is 1. The molecule has 0 amide bonds. The predicted molar refractivity (Wildman–Crippen MR) is 77.0 cm³/mol. The van der Waals surface area contributed by atoms with Gasteiger partial charge in [0, 0.05) is 17.1 Å². The molecule has 0 atom stereocenters. The molecule has 0 aliphatic carbocycles. The van der Waals surface area contributed by atoms with Crippen molar-refractivity contribution >= 4 is 15.9 Å². The van der Waals surface area contributed by atoms with Gasteiger partial charge in [-0.05, 0) is 17.7 Å². The van der Waals surface area contributed by atoms with E-state index in [1.807, 2.05) is 24.3 Å². The van der Waals surface area contributed by atoms with E-state index in [9.17, 15) is 0 Å². The molecule has 5 heteroatoms. The molecule has 0 radical (unpaired) electrons. The highest BCUT2D eigenvalue weighted by Crippen LogP contribution is 2.14. The van der Waals surface area contributed by atoms with Crippen LogP contribution in [-0.4, -0.2) is 11.0 Å². The number of ether oxygens (including phenoxy) is 1. The van der Waals surface area contributed by atoms with Crippen LogP contribution in [0.3, 0.4) is 0 Å². The fourth-order valence-electron chi connectivity index (χ4n) is 1.47. The topological polar surface area (TPSA) is 47.3 Å². The van der Waals surface area contributed by atoms with Gasteiger partial charge in [0.2, 0.25) is 0 Å². The molecule has 2 rings (SSSR count). The van der Waals surface area contributed by atoms with Crippen molar-refractivity contribution in [2.75, 3.05) is 0 Å². The van der Waals surface area contributed by atoms with E-state index in [1.165, 1.54) is 0 Å². The van der Waals surface area contributed by atoms with Crippen LogP contribution >= 0.6 is 15.9 Å². The summed E-state index contributed by atoms with van der Waals surface area (Å²) in [5.74, 6) is 0. The molecule has 19 heavy (non-hydrogen) atoms. The van der Waals surface area contributed by atoms with Crippen molar-refractivity contribution in [2.45, 2.75) is 33.0 Å². The Morgan fingerprint density at radius 3 is 2.74 bits per heavy atom. The zero-order chi connectivity index (χ0) is 13.7. The number of nitrogens with one attached hydrogen (secondary N) is 1. The molecule has 0 aliphatic rings. The number of halogens is 1. The average molecular weight is 325 g/mol. The molecule has 4 nitrogen and oxygen atoms in total. The Balaban J connectivity index is 1.84. The first kappa shape index (κ1) is 14.1. The van der Waals surface area contributed by atoms with E-state index < -0.39 is 0 Å². The van der Waals surface area contributed by atoms with Crippen molar-refractivity contribution in [1.82, 2.24) is 10.3 Å². The van der Waals surface area contributed by atoms with E-state index >= 15 is 0 Å². The SMILES string of the molecule is CC(C)NCc1coc(OCc2ccc(Br)cc2)n1. The molecule has 0 saturated carbocycles. The zero-order valence-corrected chi connectivity index (χ0v) is 12.6. The van der Waals surface area contributed by atoms with Crippen LogP contribution in [0.5, 0.6) is 6.08 Å². The van der Waals surface area contributed by atoms with Gasteiger partial charge in [-0.3, -0.25) is 0 Å². The number of hydrogen-bond donors (Lipinski definition) is 1. The van der Waals surface area contributed by atoms with E-state index in [2.05, 4.69) is 40.1 Å². The van der Waals surface area contributed by atoms with Crippen molar-refractivity contribution in [3.05, 3.63) is 46.3 Å². The smallest absolute Gasteiger partial charge is 0.394 e. The van der Waals surface area contributed by atoms with Gasteiger partial charge in [0.05, 0.1) is 5.69 Å². The maximum absolute atomic E-state index is 5.50. The number of oxazole rings is 1. The van der Waals surface area contributed by atoms with Gasteiger partial charge in [-0.15, -0.1) is 0 Å². The van der Waals surface area contributed by atoms with E-state index in [0.29, 0.717) is 25.3 Å². The van der Waals surface area contributed by atoms with E-state index in [4.69, 9.17) is 9.15 Å². The second-order valence-electron chi connectivity index (χ2n) is 4.56. The standard InChI is InChI=1S/C14H17BrN2O2/c1-10(2)16-7-13-9-19-14(17-13)18-8-11-3-5-12(15)6-4-11/h3-6,9-10,16H,7-8H2,1-2H3. The monoisotopic (exact) mass is 324 g/mol. The average Bonchev–Trinajstić information content (AvgIpc) is 2.84. The van der Waals surface area contributed by atoms with Crippen LogP contribution in [0.1, 0.15) is 25.1 Å². The summed E-state index contributed by atoms with van der Waals surface area (Å²) in [5.41, 5.74) is 1.92. The molecule has 1 N–H and O–H groups in total. The molecule has 0 spiro atoms. The minimum atomic E-state index is 0.309. The fourth-order valence-corrected chi connectivity index (χ4v) is 1.73. The molecule has 102 valence electrons. The van der Waals surface area contributed by atoms with Crippen molar-refractivity contribution < 1.29 is 9.15 Å². The molecular weight excluding hydrogens is 308 g/mol. The number of rotatable bonds is 6. The van der Waals surface area contributed by atoms with E-state index in [-0.39, 0.29) is 0 Å². The van der Waals surface area contributed by atoms with Gasteiger partial charge in [-0.25, -0.2) is 0 Å². The Morgan fingerprint density at radius 2 is 2.05 bits per heavy atom. The molecule has 2 aromatic rings. The second kappa shape index (κ2) is 6.73. The highest BCUT2D eigenvalue weighted by Gasteiger charge is 2.05. The summed E-state index contributed by atoms with van der Waals surface area (Å²) in [4.78, 5) is 4.25. The van der Waals surface area contributed by atoms with Gasteiger partial charge < -0.3 is 14.5 Å². The minimum Gasteiger partial charge on any atom is -0.445 e. The highest BCUT2D eigenvalue weighted by molar-refractivity contribution is 9.10. The molecule has 1 aromatic heterocycles. The van der Waals surface area contributed by atoms with E-state index in [1.54, 1.807) is 6.26 Å². The number of nitrogens with zero attached hydrogens (tertiary/aromatic N) is 1. The van der Waals surface area contributed by atoms with Crippen molar-refractivity contribution in [3.8, 4) is 6.08 Å². The van der Waals surface area contributed by atoms with Crippen LogP contribution in [0, 0.1) is 0 Å². The summed E-state index contributed by atoms with van der Waals surface area (Å²) in [7, 11) is 0. The molecule has 1 aromatic carbocycles. The lowest BCUT2D eigenvalue weighted by atomic mass is 10.2. The Labute approximate surface area is 121 Å². The molecule has 0 unspecified atom stereocenters. The third-order valence-electron chi connectivity index (χ3n) is 2.50. The molecule has 0 saturated heterocycles. The summed E-state index contributed by atoms with van der Waals surface area (Å²) in [6.45, 7) is 5.31. The van der Waals surface area contributed by atoms with Crippen LogP contribution in [0.15, 0.2) is 39.4 Å². The normalized spacial score (nSPS) is 10.9.